The first-order valence-corrected chi connectivity index (χ1v) is 6.70. The number of rotatable bonds is 5. The fourth-order valence-electron chi connectivity index (χ4n) is 2.17. The van der Waals surface area contributed by atoms with Crippen LogP contribution >= 0.6 is 0 Å². The van der Waals surface area contributed by atoms with Crippen LogP contribution < -0.4 is 11.1 Å². The summed E-state index contributed by atoms with van der Waals surface area (Å²) in [4.78, 5) is 28.5. The fourth-order valence-corrected chi connectivity index (χ4v) is 2.17. The number of carbonyl (C=O) groups is 2. The standard InChI is InChI=1S/C14H20N4O2/c1-9-4-3-7-16-12(9)13(10-5-6-10)17-11(19)8-18(2)14(15)20/h3-4,7,10,13H,5-6,8H2,1-2H3,(H2,15,20)(H,17,19)/t13-/m0/s1. The van der Waals surface area contributed by atoms with E-state index in [4.69, 9.17) is 5.73 Å². The predicted molar refractivity (Wildman–Crippen MR) is 74.8 cm³/mol. The molecule has 2 rings (SSSR count). The minimum Gasteiger partial charge on any atom is -0.351 e. The molecule has 20 heavy (non-hydrogen) atoms. The van der Waals surface area contributed by atoms with Crippen molar-refractivity contribution in [2.75, 3.05) is 13.6 Å². The van der Waals surface area contributed by atoms with Gasteiger partial charge < -0.3 is 16.0 Å². The second kappa shape index (κ2) is 5.90. The Bertz CT molecular complexity index is 514. The van der Waals surface area contributed by atoms with Gasteiger partial charge in [0, 0.05) is 13.2 Å². The molecule has 1 aliphatic carbocycles. The van der Waals surface area contributed by atoms with Crippen molar-refractivity contribution in [1.29, 1.82) is 0 Å². The van der Waals surface area contributed by atoms with Gasteiger partial charge in [0.15, 0.2) is 0 Å². The van der Waals surface area contributed by atoms with E-state index >= 15 is 0 Å². The van der Waals surface area contributed by atoms with E-state index in [-0.39, 0.29) is 18.5 Å². The maximum atomic E-state index is 12.0. The number of amides is 3. The number of nitrogens with one attached hydrogen (secondary N) is 1. The highest BCUT2D eigenvalue weighted by molar-refractivity contribution is 5.83. The summed E-state index contributed by atoms with van der Waals surface area (Å²) < 4.78 is 0. The quantitative estimate of drug-likeness (QED) is 0.839. The summed E-state index contributed by atoms with van der Waals surface area (Å²) in [5.74, 6) is 0.222. The van der Waals surface area contributed by atoms with Crippen molar-refractivity contribution >= 4 is 11.9 Å². The Hall–Kier alpha value is -2.11. The van der Waals surface area contributed by atoms with E-state index in [1.807, 2.05) is 19.1 Å². The number of urea groups is 1. The molecule has 0 aromatic carbocycles. The minimum atomic E-state index is -0.614. The van der Waals surface area contributed by atoms with Crippen LogP contribution in [-0.4, -0.2) is 35.4 Å². The zero-order valence-electron chi connectivity index (χ0n) is 11.8. The lowest BCUT2D eigenvalue weighted by Crippen LogP contribution is -2.42. The van der Waals surface area contributed by atoms with Crippen molar-refractivity contribution < 1.29 is 9.59 Å². The highest BCUT2D eigenvalue weighted by atomic mass is 16.2. The number of likely N-dealkylation sites (N-methyl/N-ethyl adjacent to an activating group) is 1. The van der Waals surface area contributed by atoms with Crippen molar-refractivity contribution in [3.63, 3.8) is 0 Å². The van der Waals surface area contributed by atoms with E-state index < -0.39 is 6.03 Å². The molecule has 1 aromatic heterocycles. The molecule has 1 aliphatic rings. The number of hydrogen-bond acceptors (Lipinski definition) is 3. The molecule has 1 saturated carbocycles. The van der Waals surface area contributed by atoms with E-state index in [1.54, 1.807) is 6.20 Å². The molecular formula is C14H20N4O2. The monoisotopic (exact) mass is 276 g/mol. The van der Waals surface area contributed by atoms with Crippen LogP contribution in [0.5, 0.6) is 0 Å². The number of carbonyl (C=O) groups excluding carboxylic acids is 2. The van der Waals surface area contributed by atoms with Gasteiger partial charge in [-0.25, -0.2) is 4.79 Å². The Morgan fingerprint density at radius 1 is 1.55 bits per heavy atom. The molecule has 0 bridgehead atoms. The number of primary amides is 1. The largest absolute Gasteiger partial charge is 0.351 e. The molecule has 0 unspecified atom stereocenters. The lowest BCUT2D eigenvalue weighted by atomic mass is 10.0. The Labute approximate surface area is 118 Å². The maximum absolute atomic E-state index is 12.0. The molecule has 1 atom stereocenters. The Balaban J connectivity index is 2.05. The number of aryl methyl sites for hydroxylation is 1. The molecule has 0 radical (unpaired) electrons. The summed E-state index contributed by atoms with van der Waals surface area (Å²) in [6, 6.07) is 3.17. The van der Waals surface area contributed by atoms with Crippen molar-refractivity contribution in [3.05, 3.63) is 29.6 Å². The van der Waals surface area contributed by atoms with Crippen LogP contribution in [0.15, 0.2) is 18.3 Å². The Morgan fingerprint density at radius 3 is 2.80 bits per heavy atom. The zero-order valence-corrected chi connectivity index (χ0v) is 11.8. The molecule has 0 saturated heterocycles. The van der Waals surface area contributed by atoms with Crippen LogP contribution in [0.2, 0.25) is 0 Å². The smallest absolute Gasteiger partial charge is 0.314 e. The van der Waals surface area contributed by atoms with Crippen LogP contribution in [-0.2, 0) is 4.79 Å². The molecule has 1 heterocycles. The molecular weight excluding hydrogens is 256 g/mol. The molecule has 3 N–H and O–H groups in total. The van der Waals surface area contributed by atoms with Gasteiger partial charge in [0.2, 0.25) is 5.91 Å². The minimum absolute atomic E-state index is 0.0373. The molecule has 3 amide bonds. The first kappa shape index (κ1) is 14.3. The molecule has 6 heteroatoms. The van der Waals surface area contributed by atoms with Gasteiger partial charge in [-0.1, -0.05) is 6.07 Å². The number of pyridine rings is 1. The fraction of sp³-hybridized carbons (Fsp3) is 0.500. The van der Waals surface area contributed by atoms with Crippen molar-refractivity contribution in [1.82, 2.24) is 15.2 Å². The van der Waals surface area contributed by atoms with Crippen molar-refractivity contribution in [2.45, 2.75) is 25.8 Å². The normalized spacial score (nSPS) is 15.5. The summed E-state index contributed by atoms with van der Waals surface area (Å²) in [5.41, 5.74) is 7.09. The Kier molecular flexibility index (Phi) is 4.22. The first-order valence-electron chi connectivity index (χ1n) is 6.70. The van der Waals surface area contributed by atoms with E-state index in [0.717, 1.165) is 24.1 Å². The predicted octanol–water partition coefficient (Wildman–Crippen LogP) is 0.968. The summed E-state index contributed by atoms with van der Waals surface area (Å²) in [5, 5.41) is 2.97. The highest BCUT2D eigenvalue weighted by Gasteiger charge is 2.35. The van der Waals surface area contributed by atoms with Gasteiger partial charge in [-0.15, -0.1) is 0 Å². The van der Waals surface area contributed by atoms with E-state index in [0.29, 0.717) is 5.92 Å². The van der Waals surface area contributed by atoms with Crippen LogP contribution in [0.4, 0.5) is 4.79 Å². The lowest BCUT2D eigenvalue weighted by Gasteiger charge is -2.21. The van der Waals surface area contributed by atoms with Gasteiger partial charge in [0.1, 0.15) is 6.54 Å². The highest BCUT2D eigenvalue weighted by Crippen LogP contribution is 2.41. The van der Waals surface area contributed by atoms with E-state index in [9.17, 15) is 9.59 Å². The number of hydrogen-bond donors (Lipinski definition) is 2. The van der Waals surface area contributed by atoms with Crippen LogP contribution in [0, 0.1) is 12.8 Å². The van der Waals surface area contributed by atoms with Gasteiger partial charge in [-0.2, -0.15) is 0 Å². The second-order valence-corrected chi connectivity index (χ2v) is 5.28. The van der Waals surface area contributed by atoms with Gasteiger partial charge in [0.25, 0.3) is 0 Å². The maximum Gasteiger partial charge on any atom is 0.314 e. The summed E-state index contributed by atoms with van der Waals surface area (Å²) in [7, 11) is 1.50. The molecule has 1 fully saturated rings. The molecule has 0 aliphatic heterocycles. The van der Waals surface area contributed by atoms with Gasteiger partial charge in [-0.05, 0) is 37.3 Å². The number of nitrogens with two attached hydrogens (primary N) is 1. The molecule has 6 nitrogen and oxygen atoms in total. The molecule has 1 aromatic rings. The Morgan fingerprint density at radius 2 is 2.25 bits per heavy atom. The van der Waals surface area contributed by atoms with E-state index in [2.05, 4.69) is 10.3 Å². The van der Waals surface area contributed by atoms with Gasteiger partial charge >= 0.3 is 6.03 Å². The number of nitrogens with zero attached hydrogens (tertiary/aromatic N) is 2. The molecule has 108 valence electrons. The summed E-state index contributed by atoms with van der Waals surface area (Å²) >= 11 is 0. The van der Waals surface area contributed by atoms with Crippen molar-refractivity contribution in [2.24, 2.45) is 11.7 Å². The average Bonchev–Trinajstić information content (AvgIpc) is 3.21. The summed E-state index contributed by atoms with van der Waals surface area (Å²) in [6.45, 7) is 1.95. The third-order valence-electron chi connectivity index (χ3n) is 3.51. The van der Waals surface area contributed by atoms with E-state index in [1.165, 1.54) is 11.9 Å². The van der Waals surface area contributed by atoms with Crippen LogP contribution in [0.3, 0.4) is 0 Å². The summed E-state index contributed by atoms with van der Waals surface area (Å²) in [6.07, 6.45) is 3.92. The van der Waals surface area contributed by atoms with Gasteiger partial charge in [-0.3, -0.25) is 9.78 Å². The van der Waals surface area contributed by atoms with Gasteiger partial charge in [0.05, 0.1) is 11.7 Å². The first-order chi connectivity index (χ1) is 9.49. The topological polar surface area (TPSA) is 88.3 Å². The third-order valence-corrected chi connectivity index (χ3v) is 3.51. The SMILES string of the molecule is Cc1cccnc1[C@@H](NC(=O)CN(C)C(N)=O)C1CC1. The average molecular weight is 276 g/mol. The zero-order chi connectivity index (χ0) is 14.7. The lowest BCUT2D eigenvalue weighted by molar-refractivity contribution is -0.122. The molecule has 0 spiro atoms. The van der Waals surface area contributed by atoms with Crippen LogP contribution in [0.25, 0.3) is 0 Å². The third kappa shape index (κ3) is 3.46. The van der Waals surface area contributed by atoms with Crippen molar-refractivity contribution in [3.8, 4) is 0 Å². The second-order valence-electron chi connectivity index (χ2n) is 5.28. The van der Waals surface area contributed by atoms with Crippen LogP contribution in [0.1, 0.15) is 30.1 Å². The number of aromatic nitrogens is 1.